The number of ether oxygens (including phenoxy) is 1. The first-order valence-corrected chi connectivity index (χ1v) is 12.0. The lowest BCUT2D eigenvalue weighted by Crippen LogP contribution is -2.32. The third kappa shape index (κ3) is 4.67. The predicted octanol–water partition coefficient (Wildman–Crippen LogP) is 4.41. The van der Waals surface area contributed by atoms with Gasteiger partial charge in [-0.1, -0.05) is 48.0 Å². The molecule has 0 aliphatic carbocycles. The van der Waals surface area contributed by atoms with Crippen LogP contribution in [-0.2, 0) is 9.53 Å². The van der Waals surface area contributed by atoms with Crippen LogP contribution in [0.2, 0.25) is 0 Å². The number of hydrazone groups is 1. The first-order chi connectivity index (χ1) is 17.8. The summed E-state index contributed by atoms with van der Waals surface area (Å²) in [4.78, 5) is 39.1. The Morgan fingerprint density at radius 2 is 1.78 bits per heavy atom. The van der Waals surface area contributed by atoms with Crippen LogP contribution in [0.4, 0.5) is 0 Å². The quantitative estimate of drug-likeness (QED) is 0.365. The highest BCUT2D eigenvalue weighted by Crippen LogP contribution is 2.33. The minimum atomic E-state index is -0.796. The number of aromatic nitrogens is 2. The van der Waals surface area contributed by atoms with Crippen LogP contribution >= 0.6 is 0 Å². The van der Waals surface area contributed by atoms with Crippen molar-refractivity contribution in [2.45, 2.75) is 39.3 Å². The molecule has 1 unspecified atom stereocenters. The van der Waals surface area contributed by atoms with Crippen molar-refractivity contribution >= 4 is 28.4 Å². The number of nitrogens with zero attached hydrogens (tertiary/aromatic N) is 4. The van der Waals surface area contributed by atoms with E-state index in [-0.39, 0.29) is 17.3 Å². The Morgan fingerprint density at radius 1 is 1.05 bits per heavy atom. The summed E-state index contributed by atoms with van der Waals surface area (Å²) in [5.41, 5.74) is 2.44. The third-order valence-corrected chi connectivity index (χ3v) is 6.26. The highest BCUT2D eigenvalue weighted by Gasteiger charge is 2.35. The third-order valence-electron chi connectivity index (χ3n) is 6.26. The summed E-state index contributed by atoms with van der Waals surface area (Å²) in [5, 5.41) is 10.8. The van der Waals surface area contributed by atoms with Gasteiger partial charge in [0.25, 0.3) is 11.5 Å². The zero-order chi connectivity index (χ0) is 26.1. The van der Waals surface area contributed by atoms with Gasteiger partial charge in [0.15, 0.2) is 12.3 Å². The van der Waals surface area contributed by atoms with E-state index in [4.69, 9.17) is 9.15 Å². The van der Waals surface area contributed by atoms with Crippen LogP contribution in [-0.4, -0.2) is 39.0 Å². The summed E-state index contributed by atoms with van der Waals surface area (Å²) in [6.45, 7) is 5.06. The van der Waals surface area contributed by atoms with Gasteiger partial charge in [-0.05, 0) is 44.5 Å². The van der Waals surface area contributed by atoms with Crippen molar-refractivity contribution in [2.75, 3.05) is 6.61 Å². The van der Waals surface area contributed by atoms with Gasteiger partial charge in [0.05, 0.1) is 23.4 Å². The highest BCUT2D eigenvalue weighted by atomic mass is 16.5. The van der Waals surface area contributed by atoms with Gasteiger partial charge in [0.1, 0.15) is 11.8 Å². The van der Waals surface area contributed by atoms with E-state index >= 15 is 0 Å². The average Bonchev–Trinajstić information content (AvgIpc) is 3.58. The molecular formula is C28H26N4O5. The van der Waals surface area contributed by atoms with Crippen LogP contribution in [0.3, 0.4) is 0 Å². The van der Waals surface area contributed by atoms with Crippen molar-refractivity contribution in [3.8, 4) is 0 Å². The van der Waals surface area contributed by atoms with Gasteiger partial charge in [-0.2, -0.15) is 10.2 Å². The van der Waals surface area contributed by atoms with E-state index in [1.54, 1.807) is 56.5 Å². The SMILES string of the molecule is Cc1ccc(C2=NN(C(=O)COC(=O)c3nn(C(C)C)c(=O)c4ccccc34)C(c3ccco3)C2)cc1. The van der Waals surface area contributed by atoms with Crippen LogP contribution in [0, 0.1) is 6.92 Å². The van der Waals surface area contributed by atoms with E-state index in [1.807, 2.05) is 31.2 Å². The fourth-order valence-corrected chi connectivity index (χ4v) is 4.33. The largest absolute Gasteiger partial charge is 0.467 e. The summed E-state index contributed by atoms with van der Waals surface area (Å²) >= 11 is 0. The normalized spacial score (nSPS) is 15.3. The Morgan fingerprint density at radius 3 is 2.46 bits per heavy atom. The maximum absolute atomic E-state index is 13.2. The molecule has 4 aromatic rings. The zero-order valence-electron chi connectivity index (χ0n) is 20.7. The number of hydrogen-bond donors (Lipinski definition) is 0. The number of rotatable bonds is 6. The van der Waals surface area contributed by atoms with Crippen molar-refractivity contribution in [1.82, 2.24) is 14.8 Å². The molecule has 0 spiro atoms. The van der Waals surface area contributed by atoms with Gasteiger partial charge in [-0.3, -0.25) is 9.59 Å². The number of furan rings is 1. The highest BCUT2D eigenvalue weighted by molar-refractivity contribution is 6.04. The molecule has 1 aliphatic heterocycles. The molecule has 0 bridgehead atoms. The summed E-state index contributed by atoms with van der Waals surface area (Å²) < 4.78 is 12.2. The molecule has 188 valence electrons. The molecular weight excluding hydrogens is 472 g/mol. The Hall–Kier alpha value is -4.53. The standard InChI is InChI=1S/C28H26N4O5/c1-17(2)31-27(34)21-8-5-4-7-20(21)26(30-31)28(35)37-16-25(33)32-23(24-9-6-14-36-24)15-22(29-32)19-12-10-18(3)11-13-19/h4-14,17,23H,15-16H2,1-3H3. The van der Waals surface area contributed by atoms with Crippen molar-refractivity contribution in [3.63, 3.8) is 0 Å². The molecule has 0 N–H and O–H groups in total. The van der Waals surface area contributed by atoms with E-state index in [1.165, 1.54) is 9.69 Å². The molecule has 9 heteroatoms. The molecule has 0 saturated heterocycles. The summed E-state index contributed by atoms with van der Waals surface area (Å²) in [5.74, 6) is -0.712. The Kier molecular flexibility index (Phi) is 6.43. The van der Waals surface area contributed by atoms with Gasteiger partial charge in [-0.25, -0.2) is 14.5 Å². The van der Waals surface area contributed by atoms with E-state index in [0.717, 1.165) is 16.8 Å². The van der Waals surface area contributed by atoms with Gasteiger partial charge in [0, 0.05) is 11.8 Å². The van der Waals surface area contributed by atoms with E-state index < -0.39 is 24.5 Å². The van der Waals surface area contributed by atoms with Crippen LogP contribution in [0.1, 0.15) is 59.7 Å². The van der Waals surface area contributed by atoms with E-state index in [0.29, 0.717) is 23.0 Å². The molecule has 2 aromatic carbocycles. The van der Waals surface area contributed by atoms with Gasteiger partial charge < -0.3 is 9.15 Å². The van der Waals surface area contributed by atoms with Crippen molar-refractivity contribution in [1.29, 1.82) is 0 Å². The molecule has 9 nitrogen and oxygen atoms in total. The van der Waals surface area contributed by atoms with Crippen LogP contribution < -0.4 is 5.56 Å². The number of benzene rings is 2. The summed E-state index contributed by atoms with van der Waals surface area (Å²) in [6, 6.07) is 17.4. The maximum Gasteiger partial charge on any atom is 0.359 e. The second-order valence-electron chi connectivity index (χ2n) is 9.20. The van der Waals surface area contributed by atoms with Gasteiger partial charge >= 0.3 is 5.97 Å². The van der Waals surface area contributed by atoms with E-state index in [9.17, 15) is 14.4 Å². The second-order valence-corrected chi connectivity index (χ2v) is 9.20. The first-order valence-electron chi connectivity index (χ1n) is 12.0. The number of fused-ring (bicyclic) bond motifs is 1. The average molecular weight is 499 g/mol. The molecule has 37 heavy (non-hydrogen) atoms. The number of carbonyl (C=O) groups is 2. The topological polar surface area (TPSA) is 107 Å². The van der Waals surface area contributed by atoms with Crippen LogP contribution in [0.5, 0.6) is 0 Å². The number of amides is 1. The molecule has 1 atom stereocenters. The Bertz CT molecular complexity index is 1550. The zero-order valence-corrected chi connectivity index (χ0v) is 20.7. The monoisotopic (exact) mass is 498 g/mol. The minimum Gasteiger partial charge on any atom is -0.467 e. The first kappa shape index (κ1) is 24.2. The number of aryl methyl sites for hydroxylation is 1. The lowest BCUT2D eigenvalue weighted by molar-refractivity contribution is -0.136. The number of hydrogen-bond acceptors (Lipinski definition) is 7. The Balaban J connectivity index is 1.40. The summed E-state index contributed by atoms with van der Waals surface area (Å²) in [6.07, 6.45) is 2.00. The van der Waals surface area contributed by atoms with E-state index in [2.05, 4.69) is 10.2 Å². The molecule has 0 saturated carbocycles. The maximum atomic E-state index is 13.2. The molecule has 0 radical (unpaired) electrons. The lowest BCUT2D eigenvalue weighted by Gasteiger charge is -2.19. The number of esters is 1. The van der Waals surface area contributed by atoms with Crippen molar-refractivity contribution in [3.05, 3.63) is 99.9 Å². The fraction of sp³-hybridized carbons (Fsp3) is 0.250. The molecule has 1 amide bonds. The van der Waals surface area contributed by atoms with Gasteiger partial charge in [0.2, 0.25) is 0 Å². The fourth-order valence-electron chi connectivity index (χ4n) is 4.33. The van der Waals surface area contributed by atoms with Crippen LogP contribution in [0.25, 0.3) is 10.8 Å². The minimum absolute atomic E-state index is 0.0236. The summed E-state index contributed by atoms with van der Waals surface area (Å²) in [7, 11) is 0. The second kappa shape index (κ2) is 9.85. The molecule has 2 aromatic heterocycles. The number of carbonyl (C=O) groups excluding carboxylic acids is 2. The molecule has 5 rings (SSSR count). The van der Waals surface area contributed by atoms with Crippen molar-refractivity contribution in [2.24, 2.45) is 5.10 Å². The smallest absolute Gasteiger partial charge is 0.359 e. The van der Waals surface area contributed by atoms with Crippen LogP contribution in [0.15, 0.2) is 81.2 Å². The predicted molar refractivity (Wildman–Crippen MR) is 137 cm³/mol. The van der Waals surface area contributed by atoms with Gasteiger partial charge in [-0.15, -0.1) is 0 Å². The molecule has 3 heterocycles. The molecule has 1 aliphatic rings. The lowest BCUT2D eigenvalue weighted by atomic mass is 10.0. The Labute approximate surface area is 213 Å². The molecule has 0 fully saturated rings. The van der Waals surface area contributed by atoms with Crippen molar-refractivity contribution < 1.29 is 18.7 Å².